The Kier molecular flexibility index (Phi) is 1.43. The summed E-state index contributed by atoms with van der Waals surface area (Å²) >= 11 is 3.67. The summed E-state index contributed by atoms with van der Waals surface area (Å²) in [5.74, 6) is 0. The van der Waals surface area contributed by atoms with Crippen LogP contribution >= 0.6 is 15.9 Å². The molecule has 0 aromatic heterocycles. The van der Waals surface area contributed by atoms with Gasteiger partial charge in [0.05, 0.1) is 0 Å². The molecule has 0 heterocycles. The Morgan fingerprint density at radius 1 is 1.33 bits per heavy atom. The summed E-state index contributed by atoms with van der Waals surface area (Å²) in [4.78, 5) is 11.5. The van der Waals surface area contributed by atoms with Gasteiger partial charge in [0.25, 0.3) is 0 Å². The van der Waals surface area contributed by atoms with E-state index in [4.69, 9.17) is 0 Å². The van der Waals surface area contributed by atoms with Gasteiger partial charge < -0.3 is 4.79 Å². The molecule has 12 heavy (non-hydrogen) atoms. The van der Waals surface area contributed by atoms with Gasteiger partial charge in [-0.05, 0) is 23.7 Å². The average molecular weight is 231 g/mol. The van der Waals surface area contributed by atoms with E-state index in [1.807, 2.05) is 0 Å². The van der Waals surface area contributed by atoms with E-state index in [0.29, 0.717) is 10.2 Å². The van der Waals surface area contributed by atoms with Crippen molar-refractivity contribution in [1.29, 1.82) is 0 Å². The molecule has 1 nitrogen and oxygen atoms in total. The van der Waals surface area contributed by atoms with Gasteiger partial charge in [0.15, 0.2) is 0 Å². The van der Waals surface area contributed by atoms with E-state index >= 15 is 0 Å². The Bertz CT molecular complexity index is 248. The quantitative estimate of drug-likeness (QED) is 0.501. The molecule has 0 radical (unpaired) electrons. The summed E-state index contributed by atoms with van der Waals surface area (Å²) in [7, 11) is 0. The Hall–Kier alpha value is 0.150. The van der Waals surface area contributed by atoms with E-state index in [1.165, 1.54) is 12.7 Å². The first-order valence-electron chi connectivity index (χ1n) is 4.53. The predicted molar refractivity (Wildman–Crippen MR) is 52.3 cm³/mol. The molecule has 0 amide bonds. The minimum atomic E-state index is -0.0677. The van der Waals surface area contributed by atoms with Crippen LogP contribution in [0.1, 0.15) is 33.6 Å². The van der Waals surface area contributed by atoms with Crippen LogP contribution in [0.3, 0.4) is 0 Å². The van der Waals surface area contributed by atoms with Crippen molar-refractivity contribution in [3.63, 3.8) is 0 Å². The second-order valence-corrected chi connectivity index (χ2v) is 5.98. The SMILES string of the molecule is CC1(C)[C@@]2(C=O)CC[C@]1(C)[C@H]2Br. The number of fused-ring (bicyclic) bond motifs is 1. The summed E-state index contributed by atoms with van der Waals surface area (Å²) in [6, 6.07) is 0. The fourth-order valence-corrected chi connectivity index (χ4v) is 4.98. The number of hydrogen-bond donors (Lipinski definition) is 0. The van der Waals surface area contributed by atoms with E-state index in [2.05, 4.69) is 36.7 Å². The molecule has 0 unspecified atom stereocenters. The highest BCUT2D eigenvalue weighted by Crippen LogP contribution is 2.78. The zero-order chi connectivity index (χ0) is 9.20. The number of hydrogen-bond acceptors (Lipinski definition) is 1. The molecule has 3 rings (SSSR count). The van der Waals surface area contributed by atoms with Crippen LogP contribution in [0.25, 0.3) is 0 Å². The van der Waals surface area contributed by atoms with E-state index in [1.54, 1.807) is 0 Å². The average Bonchev–Trinajstić information content (AvgIpc) is 2.40. The second kappa shape index (κ2) is 1.97. The zero-order valence-electron chi connectivity index (χ0n) is 7.86. The summed E-state index contributed by atoms with van der Waals surface area (Å²) in [6.07, 6.45) is 3.44. The van der Waals surface area contributed by atoms with Crippen molar-refractivity contribution in [2.75, 3.05) is 0 Å². The van der Waals surface area contributed by atoms with E-state index in [-0.39, 0.29) is 10.8 Å². The Morgan fingerprint density at radius 2 is 1.92 bits per heavy atom. The topological polar surface area (TPSA) is 17.1 Å². The zero-order valence-corrected chi connectivity index (χ0v) is 9.44. The van der Waals surface area contributed by atoms with Crippen LogP contribution < -0.4 is 0 Å². The van der Waals surface area contributed by atoms with Gasteiger partial charge >= 0.3 is 0 Å². The molecule has 0 saturated heterocycles. The lowest BCUT2D eigenvalue weighted by molar-refractivity contribution is -0.145. The molecule has 0 N–H and O–H groups in total. The molecular weight excluding hydrogens is 216 g/mol. The first-order chi connectivity index (χ1) is 5.42. The number of rotatable bonds is 1. The number of carbonyl (C=O) groups excluding carboxylic acids is 1. The fourth-order valence-electron chi connectivity index (χ4n) is 3.27. The van der Waals surface area contributed by atoms with Gasteiger partial charge in [0.2, 0.25) is 0 Å². The lowest BCUT2D eigenvalue weighted by Gasteiger charge is -2.63. The van der Waals surface area contributed by atoms with Gasteiger partial charge in [-0.3, -0.25) is 0 Å². The highest BCUT2D eigenvalue weighted by molar-refractivity contribution is 9.09. The first-order valence-corrected chi connectivity index (χ1v) is 5.44. The smallest absolute Gasteiger partial charge is 0.127 e. The van der Waals surface area contributed by atoms with Crippen LogP contribution in [0.5, 0.6) is 0 Å². The van der Waals surface area contributed by atoms with E-state index < -0.39 is 0 Å². The third-order valence-corrected chi connectivity index (χ3v) is 6.70. The van der Waals surface area contributed by atoms with Gasteiger partial charge in [0, 0.05) is 10.2 Å². The predicted octanol–water partition coefficient (Wildman–Crippen LogP) is 2.78. The molecular formula is C10H15BrO. The highest BCUT2D eigenvalue weighted by Gasteiger charge is 2.77. The molecule has 3 fully saturated rings. The Balaban J connectivity index is 2.48. The maximum atomic E-state index is 11.1. The molecule has 3 saturated carbocycles. The molecule has 3 aliphatic rings. The monoisotopic (exact) mass is 230 g/mol. The van der Waals surface area contributed by atoms with Crippen molar-refractivity contribution in [2.45, 2.75) is 38.4 Å². The summed E-state index contributed by atoms with van der Waals surface area (Å²) in [6.45, 7) is 6.75. The second-order valence-electron chi connectivity index (χ2n) is 5.06. The summed E-state index contributed by atoms with van der Waals surface area (Å²) < 4.78 is 0. The van der Waals surface area contributed by atoms with Crippen LogP contribution in [-0.4, -0.2) is 11.1 Å². The van der Waals surface area contributed by atoms with Crippen LogP contribution in [0.15, 0.2) is 0 Å². The normalized spacial score (nSPS) is 54.8. The highest BCUT2D eigenvalue weighted by atomic mass is 79.9. The third kappa shape index (κ3) is 0.527. The fraction of sp³-hybridized carbons (Fsp3) is 0.900. The van der Waals surface area contributed by atoms with Crippen molar-refractivity contribution in [2.24, 2.45) is 16.2 Å². The molecule has 2 bridgehead atoms. The van der Waals surface area contributed by atoms with Gasteiger partial charge in [-0.2, -0.15) is 0 Å². The van der Waals surface area contributed by atoms with Crippen molar-refractivity contribution in [3.8, 4) is 0 Å². The number of alkyl halides is 1. The van der Waals surface area contributed by atoms with Gasteiger partial charge in [0.1, 0.15) is 6.29 Å². The molecule has 2 heteroatoms. The van der Waals surface area contributed by atoms with Crippen molar-refractivity contribution in [1.82, 2.24) is 0 Å². The van der Waals surface area contributed by atoms with Gasteiger partial charge in [-0.15, -0.1) is 0 Å². The minimum Gasteiger partial charge on any atom is -0.303 e. The molecule has 0 aromatic carbocycles. The molecule has 0 aliphatic heterocycles. The molecule has 3 aliphatic carbocycles. The summed E-state index contributed by atoms with van der Waals surface area (Å²) in [5, 5.41) is 0. The van der Waals surface area contributed by atoms with Crippen molar-refractivity contribution >= 4 is 22.2 Å². The Morgan fingerprint density at radius 3 is 2.08 bits per heavy atom. The van der Waals surface area contributed by atoms with Crippen LogP contribution in [0.4, 0.5) is 0 Å². The molecule has 0 spiro atoms. The standard InChI is InChI=1S/C10H15BrO/c1-8(2)9(3)4-5-10(8,6-12)7(9)11/h6-7H,4-5H2,1-3H3/t7-,9-,10-/m1/s1. The Labute approximate surface area is 82.0 Å². The van der Waals surface area contributed by atoms with Crippen molar-refractivity contribution in [3.05, 3.63) is 0 Å². The van der Waals surface area contributed by atoms with Gasteiger partial charge in [-0.1, -0.05) is 36.7 Å². The maximum Gasteiger partial charge on any atom is 0.127 e. The minimum absolute atomic E-state index is 0.0677. The molecule has 0 aromatic rings. The lowest BCUT2D eigenvalue weighted by atomic mass is 9.44. The van der Waals surface area contributed by atoms with Crippen LogP contribution in [0.2, 0.25) is 0 Å². The number of carbonyl (C=O) groups is 1. The van der Waals surface area contributed by atoms with E-state index in [0.717, 1.165) is 6.42 Å². The molecule has 68 valence electrons. The van der Waals surface area contributed by atoms with E-state index in [9.17, 15) is 4.79 Å². The van der Waals surface area contributed by atoms with Crippen LogP contribution in [0, 0.1) is 16.2 Å². The lowest BCUT2D eigenvalue weighted by Crippen LogP contribution is -2.64. The largest absolute Gasteiger partial charge is 0.303 e. The summed E-state index contributed by atoms with van der Waals surface area (Å²) in [5.41, 5.74) is 0.464. The maximum absolute atomic E-state index is 11.1. The third-order valence-electron chi connectivity index (χ3n) is 4.87. The van der Waals surface area contributed by atoms with Crippen molar-refractivity contribution < 1.29 is 4.79 Å². The number of halogens is 1. The molecule has 3 atom stereocenters. The first kappa shape index (κ1) is 8.74. The van der Waals surface area contributed by atoms with Crippen LogP contribution in [-0.2, 0) is 4.79 Å². The van der Waals surface area contributed by atoms with Gasteiger partial charge in [-0.25, -0.2) is 0 Å². The number of aldehydes is 1.